The molecule has 1 unspecified atom stereocenters. The molecule has 2 aliphatic heterocycles. The number of hydrogen-bond donors (Lipinski definition) is 1. The van der Waals surface area contributed by atoms with Crippen molar-refractivity contribution in [3.63, 3.8) is 0 Å². The topological polar surface area (TPSA) is 80.5 Å². The highest BCUT2D eigenvalue weighted by Crippen LogP contribution is 2.38. The number of aromatic nitrogens is 2. The number of anilines is 1. The number of likely N-dealkylation sites (tertiary alicyclic amines) is 1. The lowest BCUT2D eigenvalue weighted by molar-refractivity contribution is -0.122. The molecule has 1 atom stereocenters. The number of halogens is 1. The summed E-state index contributed by atoms with van der Waals surface area (Å²) in [6.45, 7) is 5.87. The molecule has 2 aromatic rings. The van der Waals surface area contributed by atoms with Gasteiger partial charge in [0.1, 0.15) is 0 Å². The van der Waals surface area contributed by atoms with E-state index in [1.54, 1.807) is 0 Å². The molecule has 1 N–H and O–H groups in total. The van der Waals surface area contributed by atoms with E-state index in [0.29, 0.717) is 35.6 Å². The van der Waals surface area contributed by atoms with Gasteiger partial charge < -0.3 is 19.5 Å². The fourth-order valence-corrected chi connectivity index (χ4v) is 4.65. The molecule has 0 saturated carbocycles. The van der Waals surface area contributed by atoms with Crippen LogP contribution in [0.5, 0.6) is 0 Å². The zero-order valence-corrected chi connectivity index (χ0v) is 17.7. The van der Waals surface area contributed by atoms with Gasteiger partial charge in [0.05, 0.1) is 16.3 Å². The second-order valence-electron chi connectivity index (χ2n) is 8.22. The van der Waals surface area contributed by atoms with Crippen molar-refractivity contribution in [1.29, 1.82) is 0 Å². The molecule has 2 fully saturated rings. The maximum atomic E-state index is 12.7. The van der Waals surface area contributed by atoms with Crippen molar-refractivity contribution in [2.75, 3.05) is 25.0 Å². The molecule has 0 aliphatic carbocycles. The third-order valence-electron chi connectivity index (χ3n) is 5.96. The molecule has 2 aliphatic rings. The first-order valence-electron chi connectivity index (χ1n) is 10.2. The van der Waals surface area contributed by atoms with Gasteiger partial charge in [-0.1, -0.05) is 22.8 Å². The maximum absolute atomic E-state index is 12.7. The number of aryl methyl sites for hydroxylation is 2. The van der Waals surface area contributed by atoms with Crippen LogP contribution in [0.3, 0.4) is 0 Å². The van der Waals surface area contributed by atoms with Crippen LogP contribution in [0, 0.1) is 19.8 Å². The zero-order chi connectivity index (χ0) is 20.4. The number of nitrogens with zero attached hydrogens (tertiary/aromatic N) is 3. The quantitative estimate of drug-likeness (QED) is 0.800. The minimum Gasteiger partial charge on any atom is -0.375 e. The molecule has 156 valence electrons. The van der Waals surface area contributed by atoms with Gasteiger partial charge in [0, 0.05) is 33.0 Å². The summed E-state index contributed by atoms with van der Waals surface area (Å²) in [5.41, 5.74) is 1.56. The molecule has 1 aromatic carbocycles. The molecular weight excluding hydrogens is 392 g/mol. The number of ether oxygens (including phenoxy) is 1. The van der Waals surface area contributed by atoms with E-state index in [9.17, 15) is 4.79 Å². The number of amides is 2. The predicted octanol–water partition coefficient (Wildman–Crippen LogP) is 4.38. The summed E-state index contributed by atoms with van der Waals surface area (Å²) < 4.78 is 11.3. The van der Waals surface area contributed by atoms with Crippen LogP contribution in [-0.2, 0) is 11.2 Å². The third-order valence-corrected chi connectivity index (χ3v) is 6.28. The van der Waals surface area contributed by atoms with Gasteiger partial charge in [0.2, 0.25) is 5.89 Å². The number of piperidine rings is 1. The molecule has 2 amide bonds. The zero-order valence-electron chi connectivity index (χ0n) is 16.9. The summed E-state index contributed by atoms with van der Waals surface area (Å²) in [6, 6.07) is 5.52. The van der Waals surface area contributed by atoms with Crippen molar-refractivity contribution in [3.8, 4) is 0 Å². The van der Waals surface area contributed by atoms with Crippen LogP contribution in [-0.4, -0.2) is 46.4 Å². The number of hydrogen-bond acceptors (Lipinski definition) is 5. The van der Waals surface area contributed by atoms with Crippen molar-refractivity contribution >= 4 is 23.3 Å². The summed E-state index contributed by atoms with van der Waals surface area (Å²) in [4.78, 5) is 18.9. The van der Waals surface area contributed by atoms with Crippen LogP contribution in [0.1, 0.15) is 43.0 Å². The standard InChI is InChI=1S/C21H27ClN4O3/c1-14-3-4-18(17(22)11-14)24-20(27)26-8-6-21(7-9-26)13-16(5-10-28-21)12-19-23-15(2)29-25-19/h3-4,11,16H,5-10,12-13H2,1-2H3,(H,24,27). The van der Waals surface area contributed by atoms with Crippen LogP contribution in [0.25, 0.3) is 0 Å². The second-order valence-corrected chi connectivity index (χ2v) is 8.63. The lowest BCUT2D eigenvalue weighted by Crippen LogP contribution is -2.51. The van der Waals surface area contributed by atoms with Gasteiger partial charge in [-0.3, -0.25) is 0 Å². The average molecular weight is 419 g/mol. The molecule has 2 saturated heterocycles. The van der Waals surface area contributed by atoms with E-state index in [0.717, 1.165) is 50.1 Å². The number of nitrogens with one attached hydrogen (secondary N) is 1. The molecule has 29 heavy (non-hydrogen) atoms. The Kier molecular flexibility index (Phi) is 5.79. The van der Waals surface area contributed by atoms with Gasteiger partial charge in [0.15, 0.2) is 5.82 Å². The molecule has 0 bridgehead atoms. The molecule has 0 radical (unpaired) electrons. The monoisotopic (exact) mass is 418 g/mol. The molecule has 1 aromatic heterocycles. The van der Waals surface area contributed by atoms with Crippen LogP contribution in [0.2, 0.25) is 5.02 Å². The van der Waals surface area contributed by atoms with Crippen molar-refractivity contribution in [2.24, 2.45) is 5.92 Å². The summed E-state index contributed by atoms with van der Waals surface area (Å²) >= 11 is 6.24. The summed E-state index contributed by atoms with van der Waals surface area (Å²) in [6.07, 6.45) is 4.47. The van der Waals surface area contributed by atoms with Gasteiger partial charge in [0.25, 0.3) is 0 Å². The second kappa shape index (κ2) is 8.32. The maximum Gasteiger partial charge on any atom is 0.321 e. The van der Waals surface area contributed by atoms with Crippen molar-refractivity contribution in [2.45, 2.75) is 51.6 Å². The third kappa shape index (κ3) is 4.73. The first-order chi connectivity index (χ1) is 13.9. The van der Waals surface area contributed by atoms with Gasteiger partial charge in [-0.15, -0.1) is 0 Å². The number of benzene rings is 1. The van der Waals surface area contributed by atoms with E-state index < -0.39 is 0 Å². The number of carbonyl (C=O) groups is 1. The Hall–Kier alpha value is -2.12. The lowest BCUT2D eigenvalue weighted by Gasteiger charge is -2.46. The smallest absolute Gasteiger partial charge is 0.321 e. The Morgan fingerprint density at radius 1 is 1.34 bits per heavy atom. The molecule has 8 heteroatoms. The first-order valence-corrected chi connectivity index (χ1v) is 10.6. The van der Waals surface area contributed by atoms with Gasteiger partial charge in [-0.25, -0.2) is 4.79 Å². The Morgan fingerprint density at radius 3 is 2.83 bits per heavy atom. The highest BCUT2D eigenvalue weighted by molar-refractivity contribution is 6.33. The van der Waals surface area contributed by atoms with E-state index >= 15 is 0 Å². The Morgan fingerprint density at radius 2 is 2.14 bits per heavy atom. The van der Waals surface area contributed by atoms with Gasteiger partial charge in [-0.05, 0) is 56.2 Å². The van der Waals surface area contributed by atoms with Crippen molar-refractivity contribution < 1.29 is 14.1 Å². The van der Waals surface area contributed by atoms with Crippen LogP contribution >= 0.6 is 11.6 Å². The van der Waals surface area contributed by atoms with Crippen LogP contribution in [0.15, 0.2) is 22.7 Å². The molecule has 4 rings (SSSR count). The molecule has 3 heterocycles. The highest BCUT2D eigenvalue weighted by atomic mass is 35.5. The van der Waals surface area contributed by atoms with E-state index in [1.807, 2.05) is 36.9 Å². The normalized spacial score (nSPS) is 21.3. The SMILES string of the molecule is Cc1ccc(NC(=O)N2CCC3(CC2)CC(Cc2noc(C)n2)CCO3)c(Cl)c1. The summed E-state index contributed by atoms with van der Waals surface area (Å²) in [5.74, 6) is 1.86. The number of urea groups is 1. The van der Waals surface area contributed by atoms with E-state index in [1.165, 1.54) is 0 Å². The van der Waals surface area contributed by atoms with Crippen molar-refractivity contribution in [3.05, 3.63) is 40.5 Å². The highest BCUT2D eigenvalue weighted by Gasteiger charge is 2.41. The molecule has 7 nitrogen and oxygen atoms in total. The van der Waals surface area contributed by atoms with Crippen LogP contribution in [0.4, 0.5) is 10.5 Å². The van der Waals surface area contributed by atoms with Gasteiger partial charge >= 0.3 is 6.03 Å². The molecule has 1 spiro atoms. The summed E-state index contributed by atoms with van der Waals surface area (Å²) in [7, 11) is 0. The lowest BCUT2D eigenvalue weighted by atomic mass is 9.78. The van der Waals surface area contributed by atoms with Crippen LogP contribution < -0.4 is 5.32 Å². The fourth-order valence-electron chi connectivity index (χ4n) is 4.37. The molecular formula is C21H27ClN4O3. The number of rotatable bonds is 3. The van der Waals surface area contributed by atoms with Gasteiger partial charge in [-0.2, -0.15) is 4.98 Å². The minimum absolute atomic E-state index is 0.111. The predicted molar refractivity (Wildman–Crippen MR) is 110 cm³/mol. The fraction of sp³-hybridized carbons (Fsp3) is 0.571. The Labute approximate surface area is 175 Å². The Bertz CT molecular complexity index is 877. The van der Waals surface area contributed by atoms with E-state index in [2.05, 4.69) is 15.5 Å². The summed E-state index contributed by atoms with van der Waals surface area (Å²) in [5, 5.41) is 7.52. The van der Waals surface area contributed by atoms with E-state index in [4.69, 9.17) is 20.9 Å². The largest absolute Gasteiger partial charge is 0.375 e. The number of carbonyl (C=O) groups excluding carboxylic acids is 1. The Balaban J connectivity index is 1.32. The van der Waals surface area contributed by atoms with E-state index in [-0.39, 0.29) is 11.6 Å². The first kappa shape index (κ1) is 20.2. The average Bonchev–Trinajstić information content (AvgIpc) is 3.09. The van der Waals surface area contributed by atoms with Crippen molar-refractivity contribution in [1.82, 2.24) is 15.0 Å². The minimum atomic E-state index is -0.153.